The molecule has 3 atom stereocenters. The minimum atomic E-state index is 0.00741. The lowest BCUT2D eigenvalue weighted by atomic mass is 9.76. The number of anilines is 1. The van der Waals surface area contributed by atoms with Crippen molar-refractivity contribution in [3.8, 4) is 0 Å². The van der Waals surface area contributed by atoms with Gasteiger partial charge < -0.3 is 10.6 Å². The average Bonchev–Trinajstić information content (AvgIpc) is 3.16. The van der Waals surface area contributed by atoms with Crippen LogP contribution in [-0.2, 0) is 0 Å². The van der Waals surface area contributed by atoms with Gasteiger partial charge in [-0.1, -0.05) is 42.8 Å². The van der Waals surface area contributed by atoms with E-state index in [0.717, 1.165) is 29.1 Å². The van der Waals surface area contributed by atoms with Crippen LogP contribution in [0.25, 0.3) is 0 Å². The summed E-state index contributed by atoms with van der Waals surface area (Å²) in [5.74, 6) is 0.802. The molecule has 1 aliphatic heterocycles. The minimum Gasteiger partial charge on any atom is -0.378 e. The fourth-order valence-electron chi connectivity index (χ4n) is 4.08. The molecular weight excluding hydrogens is 344 g/mol. The van der Waals surface area contributed by atoms with Crippen molar-refractivity contribution in [2.75, 3.05) is 11.9 Å². The molecule has 0 saturated carbocycles. The zero-order chi connectivity index (χ0) is 18.1. The number of nitrogens with one attached hydrogen (secondary N) is 2. The number of benzene rings is 2. The van der Waals surface area contributed by atoms with Gasteiger partial charge in [0.05, 0.1) is 6.04 Å². The second kappa shape index (κ2) is 7.16. The Morgan fingerprint density at radius 3 is 2.81 bits per heavy atom. The molecule has 0 unspecified atom stereocenters. The fourth-order valence-corrected chi connectivity index (χ4v) is 4.20. The molecule has 0 aromatic heterocycles. The normalized spacial score (nSPS) is 23.1. The molecule has 2 aromatic rings. The van der Waals surface area contributed by atoms with Crippen LogP contribution >= 0.6 is 11.6 Å². The Morgan fingerprint density at radius 2 is 2.04 bits per heavy atom. The summed E-state index contributed by atoms with van der Waals surface area (Å²) in [5.41, 5.74) is 4.33. The third kappa shape index (κ3) is 3.12. The third-order valence-corrected chi connectivity index (χ3v) is 5.64. The maximum Gasteiger partial charge on any atom is 0.251 e. The van der Waals surface area contributed by atoms with Crippen molar-refractivity contribution in [3.05, 3.63) is 76.3 Å². The van der Waals surface area contributed by atoms with Gasteiger partial charge in [-0.3, -0.25) is 4.79 Å². The van der Waals surface area contributed by atoms with Gasteiger partial charge in [-0.15, -0.1) is 0 Å². The van der Waals surface area contributed by atoms with E-state index in [9.17, 15) is 4.79 Å². The number of hydrogen-bond acceptors (Lipinski definition) is 2. The first-order chi connectivity index (χ1) is 12.7. The summed E-state index contributed by atoms with van der Waals surface area (Å²) in [4.78, 5) is 12.3. The van der Waals surface area contributed by atoms with Crippen LogP contribution in [0.15, 0.2) is 54.6 Å². The van der Waals surface area contributed by atoms with E-state index in [2.05, 4.69) is 47.9 Å². The van der Waals surface area contributed by atoms with Crippen molar-refractivity contribution < 1.29 is 4.79 Å². The Hall–Kier alpha value is -2.26. The molecule has 0 saturated heterocycles. The molecule has 2 aromatic carbocycles. The highest BCUT2D eigenvalue weighted by Gasteiger charge is 2.38. The van der Waals surface area contributed by atoms with Gasteiger partial charge in [-0.25, -0.2) is 0 Å². The maximum absolute atomic E-state index is 12.3. The Labute approximate surface area is 159 Å². The van der Waals surface area contributed by atoms with Crippen LogP contribution in [-0.4, -0.2) is 12.5 Å². The first kappa shape index (κ1) is 17.2. The summed E-state index contributed by atoms with van der Waals surface area (Å²) >= 11 is 6.06. The van der Waals surface area contributed by atoms with E-state index >= 15 is 0 Å². The lowest BCUT2D eigenvalue weighted by Gasteiger charge is -2.37. The van der Waals surface area contributed by atoms with Gasteiger partial charge in [-0.2, -0.15) is 0 Å². The second-order valence-electron chi connectivity index (χ2n) is 7.08. The molecular formula is C22H23ClN2O. The molecule has 1 heterocycles. The van der Waals surface area contributed by atoms with E-state index in [1.807, 2.05) is 24.3 Å². The van der Waals surface area contributed by atoms with Crippen molar-refractivity contribution in [3.63, 3.8) is 0 Å². The molecule has 1 aliphatic carbocycles. The third-order valence-electron chi connectivity index (χ3n) is 5.39. The molecule has 26 heavy (non-hydrogen) atoms. The molecule has 3 nitrogen and oxygen atoms in total. The summed E-state index contributed by atoms with van der Waals surface area (Å²) < 4.78 is 0. The van der Waals surface area contributed by atoms with Crippen LogP contribution < -0.4 is 10.6 Å². The number of allylic oxidation sites excluding steroid dienone is 2. The smallest absolute Gasteiger partial charge is 0.251 e. The van der Waals surface area contributed by atoms with Gasteiger partial charge in [0.1, 0.15) is 0 Å². The molecule has 4 heteroatoms. The number of carbonyl (C=O) groups is 1. The monoisotopic (exact) mass is 366 g/mol. The van der Waals surface area contributed by atoms with Crippen molar-refractivity contribution in [1.29, 1.82) is 0 Å². The van der Waals surface area contributed by atoms with Crippen LogP contribution in [0.1, 0.15) is 53.2 Å². The highest BCUT2D eigenvalue weighted by molar-refractivity contribution is 6.30. The first-order valence-electron chi connectivity index (χ1n) is 9.28. The summed E-state index contributed by atoms with van der Waals surface area (Å²) in [6.07, 6.45) is 6.53. The predicted molar refractivity (Wildman–Crippen MR) is 107 cm³/mol. The molecule has 1 amide bonds. The van der Waals surface area contributed by atoms with Gasteiger partial charge in [0, 0.05) is 28.7 Å². The van der Waals surface area contributed by atoms with Gasteiger partial charge in [0.2, 0.25) is 0 Å². The van der Waals surface area contributed by atoms with Gasteiger partial charge in [0.25, 0.3) is 5.91 Å². The second-order valence-corrected chi connectivity index (χ2v) is 7.52. The number of amides is 1. The molecule has 0 bridgehead atoms. The summed E-state index contributed by atoms with van der Waals surface area (Å²) in [6.45, 7) is 2.76. The number of halogens is 1. The topological polar surface area (TPSA) is 41.1 Å². The van der Waals surface area contributed by atoms with Crippen LogP contribution in [0.4, 0.5) is 5.69 Å². The Bertz CT molecular complexity index is 844. The number of hydrogen-bond donors (Lipinski definition) is 2. The van der Waals surface area contributed by atoms with Crippen LogP contribution in [0.3, 0.4) is 0 Å². The van der Waals surface area contributed by atoms with Crippen LogP contribution in [0, 0.1) is 5.92 Å². The molecule has 0 radical (unpaired) electrons. The van der Waals surface area contributed by atoms with E-state index in [1.165, 1.54) is 11.1 Å². The van der Waals surface area contributed by atoms with E-state index in [4.69, 9.17) is 11.6 Å². The highest BCUT2D eigenvalue weighted by Crippen LogP contribution is 2.49. The number of fused-ring (bicyclic) bond motifs is 3. The largest absolute Gasteiger partial charge is 0.378 e. The Morgan fingerprint density at radius 1 is 1.23 bits per heavy atom. The van der Waals surface area contributed by atoms with Crippen LogP contribution in [0.5, 0.6) is 0 Å². The van der Waals surface area contributed by atoms with E-state index in [-0.39, 0.29) is 11.9 Å². The Kier molecular flexibility index (Phi) is 4.73. The summed E-state index contributed by atoms with van der Waals surface area (Å²) in [6, 6.07) is 14.4. The van der Waals surface area contributed by atoms with Crippen molar-refractivity contribution in [1.82, 2.24) is 5.32 Å². The average molecular weight is 367 g/mol. The maximum atomic E-state index is 12.3. The summed E-state index contributed by atoms with van der Waals surface area (Å²) in [7, 11) is 0. The zero-order valence-corrected chi connectivity index (χ0v) is 15.6. The lowest BCUT2D eigenvalue weighted by molar-refractivity contribution is 0.0953. The lowest BCUT2D eigenvalue weighted by Crippen LogP contribution is -2.30. The van der Waals surface area contributed by atoms with Crippen molar-refractivity contribution in [2.24, 2.45) is 5.92 Å². The van der Waals surface area contributed by atoms with Gasteiger partial charge in [0.15, 0.2) is 0 Å². The predicted octanol–water partition coefficient (Wildman–Crippen LogP) is 5.31. The standard InChI is InChI=1S/C22H23ClN2O/c1-2-12-24-22(26)15-8-11-20-19(13-15)17-4-3-5-18(17)21(25-20)14-6-9-16(23)10-7-14/h3-4,6-11,13,17-18,21,25H,2,5,12H2,1H3,(H,24,26)/t17-,18-,21+/m1/s1. The zero-order valence-electron chi connectivity index (χ0n) is 14.8. The van der Waals surface area contributed by atoms with E-state index in [1.54, 1.807) is 0 Å². The highest BCUT2D eigenvalue weighted by atomic mass is 35.5. The SMILES string of the molecule is CCCNC(=O)c1ccc2c(c1)[C@@H]1C=CC[C@H]1[C@H](c1ccc(Cl)cc1)N2. The van der Waals surface area contributed by atoms with E-state index < -0.39 is 0 Å². The summed E-state index contributed by atoms with van der Waals surface area (Å²) in [5, 5.41) is 7.42. The minimum absolute atomic E-state index is 0.00741. The molecule has 134 valence electrons. The van der Waals surface area contributed by atoms with E-state index in [0.29, 0.717) is 18.4 Å². The first-order valence-corrected chi connectivity index (χ1v) is 9.66. The fraction of sp³-hybridized carbons (Fsp3) is 0.318. The van der Waals surface area contributed by atoms with Gasteiger partial charge >= 0.3 is 0 Å². The molecule has 0 fully saturated rings. The van der Waals surface area contributed by atoms with Crippen LogP contribution in [0.2, 0.25) is 5.02 Å². The molecule has 0 spiro atoms. The molecule has 2 N–H and O–H groups in total. The van der Waals surface area contributed by atoms with Gasteiger partial charge in [-0.05, 0) is 60.2 Å². The van der Waals surface area contributed by atoms with Crippen molar-refractivity contribution >= 4 is 23.2 Å². The Balaban J connectivity index is 1.66. The quantitative estimate of drug-likeness (QED) is 0.720. The molecule has 2 aliphatic rings. The number of carbonyl (C=O) groups excluding carboxylic acids is 1. The van der Waals surface area contributed by atoms with Crippen molar-refractivity contribution in [2.45, 2.75) is 31.7 Å². The molecule has 4 rings (SSSR count). The number of rotatable bonds is 4.